The van der Waals surface area contributed by atoms with E-state index in [-0.39, 0.29) is 24.1 Å². The molecule has 23 heavy (non-hydrogen) atoms. The van der Waals surface area contributed by atoms with Crippen LogP contribution in [-0.4, -0.2) is 68.3 Å². The molecule has 1 rings (SSSR count). The Labute approximate surface area is 137 Å². The van der Waals surface area contributed by atoms with E-state index in [0.29, 0.717) is 32.4 Å². The fraction of sp³-hybridized carbons (Fsp3) is 0.857. The largest absolute Gasteiger partial charge is 0.479 e. The maximum atomic E-state index is 12.1. The lowest BCUT2D eigenvalue weighted by Gasteiger charge is -2.30. The van der Waals surface area contributed by atoms with E-state index in [1.165, 1.54) is 11.4 Å². The Balaban J connectivity index is 2.43. The van der Waals surface area contributed by atoms with Crippen LogP contribution in [0.5, 0.6) is 0 Å². The Morgan fingerprint density at radius 1 is 1.35 bits per heavy atom. The van der Waals surface area contributed by atoms with Crippen LogP contribution < -0.4 is 5.32 Å². The number of amides is 1. The molecule has 1 fully saturated rings. The number of rotatable bonds is 9. The minimum absolute atomic E-state index is 0.0975. The first-order valence-corrected chi connectivity index (χ1v) is 9.43. The van der Waals surface area contributed by atoms with Crippen LogP contribution in [-0.2, 0) is 24.3 Å². The van der Waals surface area contributed by atoms with E-state index < -0.39 is 22.1 Å². The summed E-state index contributed by atoms with van der Waals surface area (Å²) in [6, 6.07) is 0. The third-order valence-electron chi connectivity index (χ3n) is 4.00. The normalized spacial score (nSPS) is 18.5. The number of ether oxygens (including phenoxy) is 1. The number of carbonyl (C=O) groups is 2. The minimum Gasteiger partial charge on any atom is -0.479 e. The molecule has 8 nitrogen and oxygen atoms in total. The van der Waals surface area contributed by atoms with Crippen LogP contribution in [0.1, 0.15) is 32.6 Å². The minimum atomic E-state index is -3.23. The van der Waals surface area contributed by atoms with Crippen molar-refractivity contribution in [1.82, 2.24) is 9.62 Å². The van der Waals surface area contributed by atoms with Gasteiger partial charge in [-0.1, -0.05) is 13.3 Å². The topological polar surface area (TPSA) is 113 Å². The molecule has 1 atom stereocenters. The number of nitrogens with zero attached hydrogens (tertiary/aromatic N) is 1. The number of nitrogens with one attached hydrogen (secondary N) is 1. The van der Waals surface area contributed by atoms with Gasteiger partial charge in [0.1, 0.15) is 0 Å². The van der Waals surface area contributed by atoms with Crippen molar-refractivity contribution in [2.24, 2.45) is 5.92 Å². The molecule has 1 amide bonds. The Hall–Kier alpha value is -1.19. The van der Waals surface area contributed by atoms with Crippen LogP contribution in [0.3, 0.4) is 0 Å². The molecule has 0 spiro atoms. The molecular weight excluding hydrogens is 324 g/mol. The number of unbranched alkanes of at least 4 members (excludes halogenated alkanes) is 1. The summed E-state index contributed by atoms with van der Waals surface area (Å²) in [6.45, 7) is 2.50. The molecule has 134 valence electrons. The lowest BCUT2D eigenvalue weighted by Crippen LogP contribution is -2.45. The van der Waals surface area contributed by atoms with Crippen molar-refractivity contribution >= 4 is 21.9 Å². The van der Waals surface area contributed by atoms with Gasteiger partial charge in [0, 0.05) is 26.1 Å². The number of sulfonamides is 1. The monoisotopic (exact) mass is 350 g/mol. The van der Waals surface area contributed by atoms with Gasteiger partial charge in [-0.3, -0.25) is 4.79 Å². The predicted octanol–water partition coefficient (Wildman–Crippen LogP) is 0.0441. The number of aliphatic carboxylic acids is 1. The highest BCUT2D eigenvalue weighted by atomic mass is 32.2. The van der Waals surface area contributed by atoms with Crippen LogP contribution in [0.4, 0.5) is 0 Å². The first-order valence-electron chi connectivity index (χ1n) is 7.83. The van der Waals surface area contributed by atoms with Crippen LogP contribution in [0.25, 0.3) is 0 Å². The SMILES string of the molecule is CCCCS(=O)(=O)N1CCC(C(=O)NCC(OC)C(=O)O)CC1. The number of hydrogen-bond donors (Lipinski definition) is 2. The first kappa shape index (κ1) is 19.9. The van der Waals surface area contributed by atoms with Crippen molar-refractivity contribution in [2.45, 2.75) is 38.7 Å². The van der Waals surface area contributed by atoms with Gasteiger partial charge in [0.15, 0.2) is 6.10 Å². The molecule has 1 aliphatic heterocycles. The van der Waals surface area contributed by atoms with Crippen molar-refractivity contribution < 1.29 is 27.9 Å². The van der Waals surface area contributed by atoms with Gasteiger partial charge in [0.25, 0.3) is 0 Å². The molecule has 1 saturated heterocycles. The second-order valence-corrected chi connectivity index (χ2v) is 7.74. The fourth-order valence-corrected chi connectivity index (χ4v) is 4.14. The molecule has 0 aromatic carbocycles. The van der Waals surface area contributed by atoms with Crippen LogP contribution in [0.2, 0.25) is 0 Å². The molecule has 0 aromatic heterocycles. The van der Waals surface area contributed by atoms with Gasteiger partial charge in [0.2, 0.25) is 15.9 Å². The average molecular weight is 350 g/mol. The summed E-state index contributed by atoms with van der Waals surface area (Å²) < 4.78 is 30.4. The molecule has 0 aromatic rings. The molecule has 2 N–H and O–H groups in total. The highest BCUT2D eigenvalue weighted by molar-refractivity contribution is 7.89. The average Bonchev–Trinajstić information content (AvgIpc) is 2.53. The van der Waals surface area contributed by atoms with E-state index in [9.17, 15) is 18.0 Å². The molecule has 0 aliphatic carbocycles. The van der Waals surface area contributed by atoms with Crippen LogP contribution in [0.15, 0.2) is 0 Å². The Morgan fingerprint density at radius 2 is 1.96 bits per heavy atom. The van der Waals surface area contributed by atoms with Crippen LogP contribution in [0, 0.1) is 5.92 Å². The lowest BCUT2D eigenvalue weighted by atomic mass is 9.97. The van der Waals surface area contributed by atoms with Gasteiger partial charge >= 0.3 is 5.97 Å². The molecule has 0 bridgehead atoms. The van der Waals surface area contributed by atoms with E-state index in [2.05, 4.69) is 5.32 Å². The summed E-state index contributed by atoms with van der Waals surface area (Å²) >= 11 is 0. The zero-order valence-corrected chi connectivity index (χ0v) is 14.5. The maximum Gasteiger partial charge on any atom is 0.334 e. The maximum absolute atomic E-state index is 12.1. The number of carbonyl (C=O) groups excluding carboxylic acids is 1. The second-order valence-electron chi connectivity index (χ2n) is 5.65. The van der Waals surface area contributed by atoms with Gasteiger partial charge in [-0.2, -0.15) is 0 Å². The quantitative estimate of drug-likeness (QED) is 0.607. The van der Waals surface area contributed by atoms with Crippen molar-refractivity contribution in [2.75, 3.05) is 32.5 Å². The number of carboxylic acids is 1. The van der Waals surface area contributed by atoms with E-state index >= 15 is 0 Å². The summed E-state index contributed by atoms with van der Waals surface area (Å²) in [5, 5.41) is 11.4. The molecule has 1 heterocycles. The summed E-state index contributed by atoms with van der Waals surface area (Å²) in [4.78, 5) is 22.9. The fourth-order valence-electron chi connectivity index (χ4n) is 2.46. The van der Waals surface area contributed by atoms with E-state index in [1.54, 1.807) is 0 Å². The first-order chi connectivity index (χ1) is 10.8. The molecule has 0 radical (unpaired) electrons. The van der Waals surface area contributed by atoms with Crippen LogP contribution >= 0.6 is 0 Å². The molecule has 0 saturated carbocycles. The summed E-state index contributed by atoms with van der Waals surface area (Å²) in [7, 11) is -1.96. The van der Waals surface area contributed by atoms with Crippen molar-refractivity contribution in [3.63, 3.8) is 0 Å². The van der Waals surface area contributed by atoms with Gasteiger partial charge in [-0.25, -0.2) is 17.5 Å². The van der Waals surface area contributed by atoms with E-state index in [4.69, 9.17) is 9.84 Å². The molecule has 1 aliphatic rings. The predicted molar refractivity (Wildman–Crippen MR) is 84.4 cm³/mol. The number of piperidine rings is 1. The second kappa shape index (κ2) is 9.19. The van der Waals surface area contributed by atoms with Crippen molar-refractivity contribution in [3.8, 4) is 0 Å². The van der Waals surface area contributed by atoms with Gasteiger partial charge in [-0.05, 0) is 19.3 Å². The van der Waals surface area contributed by atoms with Gasteiger partial charge < -0.3 is 15.2 Å². The Kier molecular flexibility index (Phi) is 7.93. The summed E-state index contributed by atoms with van der Waals surface area (Å²) in [5.74, 6) is -1.53. The lowest BCUT2D eigenvalue weighted by molar-refractivity contribution is -0.148. The molecule has 9 heteroatoms. The number of methoxy groups -OCH3 is 1. The van der Waals surface area contributed by atoms with Gasteiger partial charge in [0.05, 0.1) is 12.3 Å². The molecule has 1 unspecified atom stereocenters. The highest BCUT2D eigenvalue weighted by Crippen LogP contribution is 2.20. The standard InChI is InChI=1S/C14H26N2O6S/c1-3-4-9-23(20,21)16-7-5-11(6-8-16)13(17)15-10-12(22-2)14(18)19/h11-12H,3-10H2,1-2H3,(H,15,17)(H,18,19). The zero-order chi connectivity index (χ0) is 17.5. The third kappa shape index (κ3) is 6.08. The number of hydrogen-bond acceptors (Lipinski definition) is 5. The van der Waals surface area contributed by atoms with Crippen molar-refractivity contribution in [3.05, 3.63) is 0 Å². The van der Waals surface area contributed by atoms with E-state index in [0.717, 1.165) is 6.42 Å². The Morgan fingerprint density at radius 3 is 2.43 bits per heavy atom. The zero-order valence-electron chi connectivity index (χ0n) is 13.7. The van der Waals surface area contributed by atoms with Crippen molar-refractivity contribution in [1.29, 1.82) is 0 Å². The van der Waals surface area contributed by atoms with Gasteiger partial charge in [-0.15, -0.1) is 0 Å². The molecular formula is C14H26N2O6S. The Bertz CT molecular complexity index is 499. The number of carboxylic acid groups (broad SMARTS) is 1. The highest BCUT2D eigenvalue weighted by Gasteiger charge is 2.31. The summed E-state index contributed by atoms with van der Waals surface area (Å²) in [6.07, 6.45) is 1.27. The third-order valence-corrected chi connectivity index (χ3v) is 5.95. The van der Waals surface area contributed by atoms with E-state index in [1.807, 2.05) is 6.92 Å². The summed E-state index contributed by atoms with van der Waals surface area (Å²) in [5.41, 5.74) is 0. The smallest absolute Gasteiger partial charge is 0.334 e.